The number of carbonyl (C=O) groups is 2. The molecule has 0 aliphatic carbocycles. The molecule has 3 aromatic rings. The number of nitrogens with one attached hydrogen (secondary N) is 1. The van der Waals surface area contributed by atoms with Crippen LogP contribution in [0, 0.1) is 12.8 Å². The lowest BCUT2D eigenvalue weighted by atomic mass is 10.1. The highest BCUT2D eigenvalue weighted by Crippen LogP contribution is 2.29. The predicted octanol–water partition coefficient (Wildman–Crippen LogP) is 3.36. The van der Waals surface area contributed by atoms with Crippen LogP contribution in [0.25, 0.3) is 10.9 Å². The van der Waals surface area contributed by atoms with Crippen molar-refractivity contribution in [1.82, 2.24) is 14.8 Å². The topological polar surface area (TPSA) is 106 Å². The Balaban J connectivity index is 1.69. The Morgan fingerprint density at radius 2 is 2.03 bits per heavy atom. The molecule has 31 heavy (non-hydrogen) atoms. The summed E-state index contributed by atoms with van der Waals surface area (Å²) in [6.45, 7) is 3.68. The van der Waals surface area contributed by atoms with Crippen molar-refractivity contribution in [3.8, 4) is 0 Å². The summed E-state index contributed by atoms with van der Waals surface area (Å²) in [6, 6.07) is 5.71. The third-order valence-electron chi connectivity index (χ3n) is 5.03. The van der Waals surface area contributed by atoms with Gasteiger partial charge in [0.25, 0.3) is 5.91 Å². The Labute approximate surface area is 173 Å². The van der Waals surface area contributed by atoms with E-state index in [0.29, 0.717) is 36.6 Å². The number of aromatic nitrogens is 3. The molecule has 0 spiro atoms. The van der Waals surface area contributed by atoms with Gasteiger partial charge in [-0.15, -0.1) is 0 Å². The van der Waals surface area contributed by atoms with Crippen LogP contribution in [0.15, 0.2) is 30.3 Å². The standard InChI is InChI=1S/C20H17F3N4O4/c1-10-12-5-15(25-18(28)14-3-2-4-17(24-14)20(21,22)23)13(19(29)30)6-16(12)26-27(10)7-11-8-31-9-11/h2-6,11H,7-9H2,1H3,(H,25,28)(H,29,30). The molecule has 11 heteroatoms. The molecule has 3 heterocycles. The number of aromatic carboxylic acids is 1. The van der Waals surface area contributed by atoms with Gasteiger partial charge in [-0.1, -0.05) is 6.07 Å². The molecule has 0 unspecified atom stereocenters. The van der Waals surface area contributed by atoms with E-state index in [1.807, 2.05) is 6.92 Å². The van der Waals surface area contributed by atoms with Crippen molar-refractivity contribution < 1.29 is 32.6 Å². The van der Waals surface area contributed by atoms with Crippen LogP contribution in [0.5, 0.6) is 0 Å². The second kappa shape index (κ2) is 7.65. The van der Waals surface area contributed by atoms with Gasteiger partial charge in [0.05, 0.1) is 30.0 Å². The zero-order valence-electron chi connectivity index (χ0n) is 16.2. The molecule has 8 nitrogen and oxygen atoms in total. The van der Waals surface area contributed by atoms with Crippen molar-refractivity contribution in [3.63, 3.8) is 0 Å². The molecule has 2 N–H and O–H groups in total. The lowest BCUT2D eigenvalue weighted by Gasteiger charge is -2.26. The number of pyridine rings is 1. The molecule has 1 saturated heterocycles. The van der Waals surface area contributed by atoms with Gasteiger partial charge in [0.2, 0.25) is 0 Å². The molecule has 0 radical (unpaired) electrons. The van der Waals surface area contributed by atoms with Crippen LogP contribution in [-0.4, -0.2) is 45.0 Å². The van der Waals surface area contributed by atoms with E-state index >= 15 is 0 Å². The molecule has 1 aromatic carbocycles. The number of carboxylic acid groups (broad SMARTS) is 1. The maximum atomic E-state index is 12.9. The number of anilines is 1. The fourth-order valence-corrected chi connectivity index (χ4v) is 3.30. The first-order valence-corrected chi connectivity index (χ1v) is 9.31. The Morgan fingerprint density at radius 3 is 2.65 bits per heavy atom. The number of rotatable bonds is 5. The third kappa shape index (κ3) is 4.08. The summed E-state index contributed by atoms with van der Waals surface area (Å²) in [4.78, 5) is 27.6. The van der Waals surface area contributed by atoms with E-state index in [1.165, 1.54) is 12.1 Å². The van der Waals surface area contributed by atoms with Crippen molar-refractivity contribution in [2.45, 2.75) is 19.6 Å². The Morgan fingerprint density at radius 1 is 1.29 bits per heavy atom. The number of amides is 1. The normalized spacial score (nSPS) is 14.5. The molecule has 1 aliphatic rings. The van der Waals surface area contributed by atoms with Crippen LogP contribution in [-0.2, 0) is 17.5 Å². The quantitative estimate of drug-likeness (QED) is 0.638. The highest BCUT2D eigenvalue weighted by molar-refractivity contribution is 6.09. The molecule has 4 rings (SSSR count). The number of hydrogen-bond donors (Lipinski definition) is 2. The predicted molar refractivity (Wildman–Crippen MR) is 103 cm³/mol. The monoisotopic (exact) mass is 434 g/mol. The number of alkyl halides is 3. The second-order valence-corrected chi connectivity index (χ2v) is 7.25. The van der Waals surface area contributed by atoms with E-state index in [0.717, 1.165) is 23.9 Å². The van der Waals surface area contributed by atoms with Gasteiger partial charge in [-0.3, -0.25) is 9.48 Å². The van der Waals surface area contributed by atoms with E-state index < -0.39 is 29.4 Å². The SMILES string of the molecule is Cc1c2cc(NC(=O)c3cccc(C(F)(F)F)n3)c(C(=O)O)cc2nn1CC1COC1. The Hall–Kier alpha value is -3.47. The van der Waals surface area contributed by atoms with E-state index in [2.05, 4.69) is 15.4 Å². The smallest absolute Gasteiger partial charge is 0.433 e. The second-order valence-electron chi connectivity index (χ2n) is 7.25. The third-order valence-corrected chi connectivity index (χ3v) is 5.03. The van der Waals surface area contributed by atoms with E-state index in [1.54, 1.807) is 4.68 Å². The van der Waals surface area contributed by atoms with E-state index in [9.17, 15) is 27.9 Å². The van der Waals surface area contributed by atoms with E-state index in [-0.39, 0.29) is 11.3 Å². The van der Waals surface area contributed by atoms with Crippen molar-refractivity contribution >= 4 is 28.5 Å². The molecule has 1 amide bonds. The Kier molecular flexibility index (Phi) is 5.13. The number of aryl methyl sites for hydroxylation is 1. The van der Waals surface area contributed by atoms with Crippen LogP contribution < -0.4 is 5.32 Å². The molecule has 1 aliphatic heterocycles. The lowest BCUT2D eigenvalue weighted by Crippen LogP contribution is -2.32. The minimum absolute atomic E-state index is 0.0566. The zero-order chi connectivity index (χ0) is 22.3. The highest BCUT2D eigenvalue weighted by atomic mass is 19.4. The maximum absolute atomic E-state index is 12.9. The van der Waals surface area contributed by atoms with Gasteiger partial charge < -0.3 is 15.2 Å². The zero-order valence-corrected chi connectivity index (χ0v) is 16.2. The fourth-order valence-electron chi connectivity index (χ4n) is 3.30. The summed E-state index contributed by atoms with van der Waals surface area (Å²) in [5.74, 6) is -1.95. The lowest BCUT2D eigenvalue weighted by molar-refractivity contribution is -0.141. The van der Waals surface area contributed by atoms with E-state index in [4.69, 9.17) is 4.74 Å². The van der Waals surface area contributed by atoms with Gasteiger partial charge >= 0.3 is 12.1 Å². The van der Waals surface area contributed by atoms with Crippen LogP contribution in [0.1, 0.15) is 32.2 Å². The minimum atomic E-state index is -4.71. The summed E-state index contributed by atoms with van der Waals surface area (Å²) >= 11 is 0. The summed E-state index contributed by atoms with van der Waals surface area (Å²) in [6.07, 6.45) is -4.71. The first-order chi connectivity index (χ1) is 14.6. The first-order valence-electron chi connectivity index (χ1n) is 9.31. The number of fused-ring (bicyclic) bond motifs is 1. The summed E-state index contributed by atoms with van der Waals surface area (Å²) < 4.78 is 45.6. The molecule has 0 bridgehead atoms. The number of carboxylic acids is 1. The number of benzene rings is 1. The number of ether oxygens (including phenoxy) is 1. The van der Waals surface area contributed by atoms with Gasteiger partial charge in [-0.05, 0) is 31.2 Å². The molecule has 0 atom stereocenters. The average Bonchev–Trinajstić information content (AvgIpc) is 2.98. The molecular weight excluding hydrogens is 417 g/mol. The Bertz CT molecular complexity index is 1190. The van der Waals surface area contributed by atoms with Gasteiger partial charge in [0.15, 0.2) is 0 Å². The first kappa shape index (κ1) is 20.8. The summed E-state index contributed by atoms with van der Waals surface area (Å²) in [5.41, 5.74) is -0.782. The number of nitrogens with zero attached hydrogens (tertiary/aromatic N) is 3. The average molecular weight is 434 g/mol. The number of carbonyl (C=O) groups excluding carboxylic acids is 1. The molecule has 1 fully saturated rings. The maximum Gasteiger partial charge on any atom is 0.433 e. The molecule has 2 aromatic heterocycles. The van der Waals surface area contributed by atoms with Gasteiger partial charge in [-0.2, -0.15) is 18.3 Å². The fraction of sp³-hybridized carbons (Fsp3) is 0.300. The van der Waals surface area contributed by atoms with Crippen LogP contribution in [0.3, 0.4) is 0 Å². The summed E-state index contributed by atoms with van der Waals surface area (Å²) in [7, 11) is 0. The molecule has 162 valence electrons. The van der Waals surface area contributed by atoms with Gasteiger partial charge in [0, 0.05) is 23.5 Å². The van der Waals surface area contributed by atoms with Crippen LogP contribution >= 0.6 is 0 Å². The van der Waals surface area contributed by atoms with Crippen LogP contribution in [0.4, 0.5) is 18.9 Å². The van der Waals surface area contributed by atoms with Crippen molar-refractivity contribution in [1.29, 1.82) is 0 Å². The minimum Gasteiger partial charge on any atom is -0.478 e. The van der Waals surface area contributed by atoms with Crippen molar-refractivity contribution in [2.75, 3.05) is 18.5 Å². The number of halogens is 3. The number of hydrogen-bond acceptors (Lipinski definition) is 5. The summed E-state index contributed by atoms with van der Waals surface area (Å²) in [5, 5.41) is 17.0. The van der Waals surface area contributed by atoms with Gasteiger partial charge in [0.1, 0.15) is 11.4 Å². The van der Waals surface area contributed by atoms with Gasteiger partial charge in [-0.25, -0.2) is 9.78 Å². The largest absolute Gasteiger partial charge is 0.478 e. The molecular formula is C20H17F3N4O4. The van der Waals surface area contributed by atoms with Crippen molar-refractivity contribution in [2.24, 2.45) is 5.92 Å². The molecule has 0 saturated carbocycles. The van der Waals surface area contributed by atoms with Crippen molar-refractivity contribution in [3.05, 3.63) is 53.0 Å². The van der Waals surface area contributed by atoms with Crippen LogP contribution in [0.2, 0.25) is 0 Å². The highest BCUT2D eigenvalue weighted by Gasteiger charge is 2.33.